The Balaban J connectivity index is 1.54. The Hall–Kier alpha value is -2.28. The van der Waals surface area contributed by atoms with Crippen molar-refractivity contribution in [2.24, 2.45) is 0 Å². The monoisotopic (exact) mass is 433 g/mol. The van der Waals surface area contributed by atoms with Crippen molar-refractivity contribution in [3.8, 4) is 0 Å². The van der Waals surface area contributed by atoms with E-state index in [4.69, 9.17) is 9.97 Å². The minimum absolute atomic E-state index is 0.782. The van der Waals surface area contributed by atoms with Gasteiger partial charge in [-0.25, -0.2) is 9.97 Å². The van der Waals surface area contributed by atoms with Crippen molar-refractivity contribution in [3.05, 3.63) is 64.8 Å². The molecule has 0 radical (unpaired) electrons. The lowest BCUT2D eigenvalue weighted by atomic mass is 10.0. The van der Waals surface area contributed by atoms with Crippen LogP contribution < -0.4 is 4.90 Å². The van der Waals surface area contributed by atoms with E-state index in [0.717, 1.165) is 76.8 Å². The van der Waals surface area contributed by atoms with E-state index in [2.05, 4.69) is 58.5 Å². The highest BCUT2D eigenvalue weighted by atomic mass is 32.1. The lowest BCUT2D eigenvalue weighted by Gasteiger charge is -2.35. The van der Waals surface area contributed by atoms with Crippen LogP contribution in [0.3, 0.4) is 0 Å². The van der Waals surface area contributed by atoms with E-state index >= 15 is 0 Å². The number of nitrogens with zero attached hydrogens (tertiary/aromatic N) is 5. The maximum Gasteiger partial charge on any atom is 0.141 e. The Morgan fingerprint density at radius 2 is 1.84 bits per heavy atom. The summed E-state index contributed by atoms with van der Waals surface area (Å²) in [5.41, 5.74) is 2.77. The van der Waals surface area contributed by atoms with Crippen LogP contribution >= 0.6 is 11.3 Å². The largest absolute Gasteiger partial charge is 0.353 e. The van der Waals surface area contributed by atoms with E-state index < -0.39 is 0 Å². The molecule has 0 amide bonds. The Labute approximate surface area is 189 Å². The lowest BCUT2D eigenvalue weighted by Crippen LogP contribution is -2.46. The SMILES string of the molecule is C=CCN1CCN(c2nc(Cc3ccccc3)nc3sc4c(c23)CCN(CC)C4)CC1. The third kappa shape index (κ3) is 4.25. The van der Waals surface area contributed by atoms with Gasteiger partial charge in [-0.3, -0.25) is 9.80 Å². The van der Waals surface area contributed by atoms with Crippen molar-refractivity contribution in [3.63, 3.8) is 0 Å². The average molecular weight is 434 g/mol. The summed E-state index contributed by atoms with van der Waals surface area (Å²) in [6, 6.07) is 10.6. The van der Waals surface area contributed by atoms with Crippen LogP contribution in [0.15, 0.2) is 43.0 Å². The molecule has 5 rings (SSSR count). The zero-order chi connectivity index (χ0) is 21.2. The van der Waals surface area contributed by atoms with Gasteiger partial charge in [-0.1, -0.05) is 43.3 Å². The fourth-order valence-corrected chi connectivity index (χ4v) is 6.03. The van der Waals surface area contributed by atoms with E-state index in [1.807, 2.05) is 17.4 Å². The molecule has 4 heterocycles. The number of anilines is 1. The molecule has 1 saturated heterocycles. The van der Waals surface area contributed by atoms with Gasteiger partial charge >= 0.3 is 0 Å². The van der Waals surface area contributed by atoms with Gasteiger partial charge in [0, 0.05) is 57.1 Å². The zero-order valence-corrected chi connectivity index (χ0v) is 19.2. The number of thiophene rings is 1. The van der Waals surface area contributed by atoms with Crippen LogP contribution in [0.25, 0.3) is 10.2 Å². The standard InChI is InChI=1S/C25H31N5S/c1-3-11-29-13-15-30(16-14-29)24-23-20-10-12-28(4-2)18-21(20)31-25(23)27-22(26-24)17-19-8-6-5-7-9-19/h3,5-9H,1,4,10-18H2,2H3. The summed E-state index contributed by atoms with van der Waals surface area (Å²) in [4.78, 5) is 20.4. The molecular formula is C25H31N5S. The van der Waals surface area contributed by atoms with Crippen LogP contribution in [0.4, 0.5) is 5.82 Å². The van der Waals surface area contributed by atoms with Crippen molar-refractivity contribution in [2.75, 3.05) is 50.7 Å². The third-order valence-electron chi connectivity index (χ3n) is 6.52. The normalized spacial score (nSPS) is 17.8. The molecular weight excluding hydrogens is 402 g/mol. The van der Waals surface area contributed by atoms with Gasteiger partial charge in [-0.2, -0.15) is 0 Å². The molecule has 2 aliphatic heterocycles. The Morgan fingerprint density at radius 1 is 1.03 bits per heavy atom. The molecule has 0 bridgehead atoms. The highest BCUT2D eigenvalue weighted by Gasteiger charge is 2.27. The van der Waals surface area contributed by atoms with Gasteiger partial charge < -0.3 is 4.90 Å². The molecule has 3 aromatic rings. The quantitative estimate of drug-likeness (QED) is 0.550. The van der Waals surface area contributed by atoms with Gasteiger partial charge in [0.25, 0.3) is 0 Å². The van der Waals surface area contributed by atoms with Crippen molar-refractivity contribution < 1.29 is 0 Å². The molecule has 0 atom stereocenters. The molecule has 1 aromatic carbocycles. The van der Waals surface area contributed by atoms with E-state index in [1.165, 1.54) is 26.2 Å². The van der Waals surface area contributed by atoms with Gasteiger partial charge in [0.15, 0.2) is 0 Å². The molecule has 0 unspecified atom stereocenters. The first-order chi connectivity index (χ1) is 15.2. The fourth-order valence-electron chi connectivity index (χ4n) is 4.75. The number of hydrogen-bond acceptors (Lipinski definition) is 6. The summed E-state index contributed by atoms with van der Waals surface area (Å²) < 4.78 is 0. The third-order valence-corrected chi connectivity index (χ3v) is 7.63. The first-order valence-electron chi connectivity index (χ1n) is 11.4. The van der Waals surface area contributed by atoms with E-state index in [9.17, 15) is 0 Å². The molecule has 0 saturated carbocycles. The van der Waals surface area contributed by atoms with Crippen molar-refractivity contribution >= 4 is 27.4 Å². The van der Waals surface area contributed by atoms with Gasteiger partial charge in [0.1, 0.15) is 16.5 Å². The molecule has 6 heteroatoms. The summed E-state index contributed by atoms with van der Waals surface area (Å²) in [6.45, 7) is 14.5. The van der Waals surface area contributed by atoms with Crippen LogP contribution in [-0.2, 0) is 19.4 Å². The Bertz CT molecular complexity index is 1050. The molecule has 0 N–H and O–H groups in total. The predicted octanol–water partition coefficient (Wildman–Crippen LogP) is 3.97. The van der Waals surface area contributed by atoms with E-state index in [0.29, 0.717) is 0 Å². The smallest absolute Gasteiger partial charge is 0.141 e. The average Bonchev–Trinajstić information content (AvgIpc) is 3.17. The number of hydrogen-bond donors (Lipinski definition) is 0. The topological polar surface area (TPSA) is 35.5 Å². The van der Waals surface area contributed by atoms with Crippen molar-refractivity contribution in [1.29, 1.82) is 0 Å². The number of likely N-dealkylation sites (N-methyl/N-ethyl adjacent to an activating group) is 1. The molecule has 1 fully saturated rings. The van der Waals surface area contributed by atoms with Crippen LogP contribution in [0.5, 0.6) is 0 Å². The van der Waals surface area contributed by atoms with E-state index in [-0.39, 0.29) is 0 Å². The first kappa shape index (κ1) is 20.6. The molecule has 162 valence electrons. The Kier molecular flexibility index (Phi) is 6.03. The van der Waals surface area contributed by atoms with Gasteiger partial charge in [0.2, 0.25) is 0 Å². The number of rotatable bonds is 6. The second-order valence-corrected chi connectivity index (χ2v) is 9.59. The van der Waals surface area contributed by atoms with Crippen LogP contribution in [0.2, 0.25) is 0 Å². The Morgan fingerprint density at radius 3 is 2.58 bits per heavy atom. The van der Waals surface area contributed by atoms with Crippen molar-refractivity contribution in [1.82, 2.24) is 19.8 Å². The summed E-state index contributed by atoms with van der Waals surface area (Å²) in [6.07, 6.45) is 3.89. The molecule has 0 spiro atoms. The maximum absolute atomic E-state index is 5.18. The minimum atomic E-state index is 0.782. The number of benzene rings is 1. The second-order valence-electron chi connectivity index (χ2n) is 8.50. The fraction of sp³-hybridized carbons (Fsp3) is 0.440. The highest BCUT2D eigenvalue weighted by Crippen LogP contribution is 2.39. The first-order valence-corrected chi connectivity index (χ1v) is 12.2. The summed E-state index contributed by atoms with van der Waals surface area (Å²) >= 11 is 1.89. The minimum Gasteiger partial charge on any atom is -0.353 e. The van der Waals surface area contributed by atoms with Crippen LogP contribution in [-0.4, -0.2) is 65.6 Å². The highest BCUT2D eigenvalue weighted by molar-refractivity contribution is 7.19. The van der Waals surface area contributed by atoms with Gasteiger partial charge in [0.05, 0.1) is 5.39 Å². The zero-order valence-electron chi connectivity index (χ0n) is 18.4. The van der Waals surface area contributed by atoms with Gasteiger partial charge in [-0.05, 0) is 24.1 Å². The van der Waals surface area contributed by atoms with Crippen LogP contribution in [0, 0.1) is 0 Å². The summed E-state index contributed by atoms with van der Waals surface area (Å²) in [7, 11) is 0. The molecule has 0 aliphatic carbocycles. The van der Waals surface area contributed by atoms with Gasteiger partial charge in [-0.15, -0.1) is 17.9 Å². The molecule has 5 nitrogen and oxygen atoms in total. The molecule has 2 aliphatic rings. The van der Waals surface area contributed by atoms with E-state index in [1.54, 1.807) is 0 Å². The van der Waals surface area contributed by atoms with Crippen molar-refractivity contribution in [2.45, 2.75) is 26.3 Å². The lowest BCUT2D eigenvalue weighted by molar-refractivity contribution is 0.272. The number of piperazine rings is 1. The molecule has 31 heavy (non-hydrogen) atoms. The predicted molar refractivity (Wildman–Crippen MR) is 130 cm³/mol. The number of fused-ring (bicyclic) bond motifs is 3. The maximum atomic E-state index is 5.18. The summed E-state index contributed by atoms with van der Waals surface area (Å²) in [5, 5.41) is 1.32. The summed E-state index contributed by atoms with van der Waals surface area (Å²) in [5.74, 6) is 2.10. The number of aromatic nitrogens is 2. The second kappa shape index (κ2) is 9.07. The molecule has 2 aromatic heterocycles. The van der Waals surface area contributed by atoms with Crippen LogP contribution in [0.1, 0.15) is 28.8 Å².